The molecule has 1 aliphatic carbocycles. The second-order valence-corrected chi connectivity index (χ2v) is 5.49. The summed E-state index contributed by atoms with van der Waals surface area (Å²) < 4.78 is 11.5. The van der Waals surface area contributed by atoms with Crippen LogP contribution in [0.15, 0.2) is 24.3 Å². The summed E-state index contributed by atoms with van der Waals surface area (Å²) >= 11 is 0. The Morgan fingerprint density at radius 1 is 1.29 bits per heavy atom. The average Bonchev–Trinajstić information content (AvgIpc) is 3.39. The lowest BCUT2D eigenvalue weighted by atomic mass is 10.1. The van der Waals surface area contributed by atoms with Crippen molar-refractivity contribution in [3.8, 4) is 17.6 Å². The fourth-order valence-electron chi connectivity index (χ4n) is 2.19. The molecule has 1 aromatic carbocycles. The van der Waals surface area contributed by atoms with Crippen molar-refractivity contribution in [2.24, 2.45) is 5.84 Å². The van der Waals surface area contributed by atoms with Gasteiger partial charge in [0.2, 0.25) is 0 Å². The van der Waals surface area contributed by atoms with Crippen LogP contribution in [0.3, 0.4) is 0 Å². The number of nitrogen functional groups attached to an aromatic ring is 3. The largest absolute Gasteiger partial charge is 0.490 e. The Morgan fingerprint density at radius 3 is 2.75 bits per heavy atom. The maximum Gasteiger partial charge on any atom is 0.169 e. The van der Waals surface area contributed by atoms with Crippen molar-refractivity contribution in [2.75, 3.05) is 16.9 Å². The van der Waals surface area contributed by atoms with E-state index in [4.69, 9.17) is 26.8 Å². The molecule has 1 aromatic heterocycles. The van der Waals surface area contributed by atoms with Crippen molar-refractivity contribution >= 4 is 17.3 Å². The molecule has 0 radical (unpaired) electrons. The summed E-state index contributed by atoms with van der Waals surface area (Å²) in [7, 11) is 0. The van der Waals surface area contributed by atoms with Crippen molar-refractivity contribution in [2.45, 2.75) is 25.6 Å². The summed E-state index contributed by atoms with van der Waals surface area (Å²) in [5.74, 6) is 6.87. The average molecular weight is 326 g/mol. The number of ether oxygens (including phenoxy) is 2. The maximum atomic E-state index is 9.25. The van der Waals surface area contributed by atoms with Crippen LogP contribution in [-0.2, 0) is 6.61 Å². The molecule has 1 saturated carbocycles. The Kier molecular flexibility index (Phi) is 4.26. The fraction of sp³-hybridized carbons (Fsp3) is 0.250. The van der Waals surface area contributed by atoms with E-state index in [9.17, 15) is 5.26 Å². The van der Waals surface area contributed by atoms with Crippen LogP contribution in [0.4, 0.5) is 17.3 Å². The topological polar surface area (TPSA) is 145 Å². The molecule has 3 rings (SSSR count). The molecule has 0 spiro atoms. The molecule has 124 valence electrons. The zero-order chi connectivity index (χ0) is 17.1. The van der Waals surface area contributed by atoms with E-state index in [0.29, 0.717) is 16.9 Å². The van der Waals surface area contributed by atoms with Gasteiger partial charge in [0, 0.05) is 11.6 Å². The molecule has 0 unspecified atom stereocenters. The normalized spacial score (nSPS) is 13.2. The molecule has 2 aromatic rings. The number of benzene rings is 1. The number of anilines is 3. The minimum absolute atomic E-state index is 0.141. The van der Waals surface area contributed by atoms with Crippen LogP contribution >= 0.6 is 0 Å². The quantitative estimate of drug-likeness (QED) is 0.462. The van der Waals surface area contributed by atoms with Gasteiger partial charge < -0.3 is 26.4 Å². The Bertz CT molecular complexity index is 798. The van der Waals surface area contributed by atoms with Crippen molar-refractivity contribution in [1.82, 2.24) is 4.98 Å². The predicted molar refractivity (Wildman–Crippen MR) is 90.0 cm³/mol. The van der Waals surface area contributed by atoms with E-state index in [1.807, 2.05) is 0 Å². The number of aromatic nitrogens is 1. The first-order valence-corrected chi connectivity index (χ1v) is 7.45. The van der Waals surface area contributed by atoms with Gasteiger partial charge in [-0.1, -0.05) is 0 Å². The van der Waals surface area contributed by atoms with E-state index < -0.39 is 0 Å². The van der Waals surface area contributed by atoms with Crippen molar-refractivity contribution < 1.29 is 9.47 Å². The van der Waals surface area contributed by atoms with Crippen LogP contribution in [0.5, 0.6) is 11.5 Å². The first-order valence-electron chi connectivity index (χ1n) is 7.45. The van der Waals surface area contributed by atoms with Gasteiger partial charge in [-0.3, -0.25) is 0 Å². The summed E-state index contributed by atoms with van der Waals surface area (Å²) in [6.45, 7) is 0.141. The number of rotatable bonds is 6. The monoisotopic (exact) mass is 326 g/mol. The van der Waals surface area contributed by atoms with Crippen LogP contribution < -0.4 is 32.2 Å². The highest BCUT2D eigenvalue weighted by Crippen LogP contribution is 2.31. The van der Waals surface area contributed by atoms with Gasteiger partial charge in [-0.05, 0) is 31.0 Å². The zero-order valence-electron chi connectivity index (χ0n) is 13.0. The summed E-state index contributed by atoms with van der Waals surface area (Å²) in [5.41, 5.74) is 15.5. The molecular weight excluding hydrogens is 308 g/mol. The lowest BCUT2D eigenvalue weighted by molar-refractivity contribution is 0.294. The third-order valence-electron chi connectivity index (χ3n) is 3.58. The Morgan fingerprint density at radius 2 is 2.08 bits per heavy atom. The number of nitrogens with one attached hydrogen (secondary N) is 1. The lowest BCUT2D eigenvalue weighted by Gasteiger charge is -2.14. The molecule has 7 N–H and O–H groups in total. The van der Waals surface area contributed by atoms with Crippen LogP contribution in [0.1, 0.15) is 24.0 Å². The van der Waals surface area contributed by atoms with E-state index in [0.717, 1.165) is 18.6 Å². The Balaban J connectivity index is 1.81. The van der Waals surface area contributed by atoms with Gasteiger partial charge >= 0.3 is 0 Å². The van der Waals surface area contributed by atoms with Gasteiger partial charge in [0.1, 0.15) is 29.6 Å². The molecule has 8 nitrogen and oxygen atoms in total. The van der Waals surface area contributed by atoms with E-state index >= 15 is 0 Å². The third-order valence-corrected chi connectivity index (χ3v) is 3.58. The van der Waals surface area contributed by atoms with E-state index in [2.05, 4.69) is 16.5 Å². The van der Waals surface area contributed by atoms with Crippen molar-refractivity contribution in [3.63, 3.8) is 0 Å². The smallest absolute Gasteiger partial charge is 0.169 e. The molecule has 0 bridgehead atoms. The number of nitriles is 1. The van der Waals surface area contributed by atoms with Crippen LogP contribution in [-0.4, -0.2) is 11.1 Å². The molecule has 0 amide bonds. The minimum Gasteiger partial charge on any atom is -0.490 e. The third kappa shape index (κ3) is 3.42. The maximum absolute atomic E-state index is 9.25. The molecule has 24 heavy (non-hydrogen) atoms. The Hall–Kier alpha value is -3.18. The zero-order valence-corrected chi connectivity index (χ0v) is 13.0. The number of nitrogens with zero attached hydrogens (tertiary/aromatic N) is 2. The van der Waals surface area contributed by atoms with Gasteiger partial charge in [0.15, 0.2) is 5.82 Å². The SMILES string of the molecule is N#Cc1ccc(OC2CC2)cc1COc1cc(N)nc(NN)c1N. The van der Waals surface area contributed by atoms with Gasteiger partial charge in [-0.2, -0.15) is 5.26 Å². The summed E-state index contributed by atoms with van der Waals surface area (Å²) in [6.07, 6.45) is 2.40. The first-order chi connectivity index (χ1) is 11.6. The van der Waals surface area contributed by atoms with Crippen LogP contribution in [0.25, 0.3) is 0 Å². The summed E-state index contributed by atoms with van der Waals surface area (Å²) in [5, 5.41) is 9.25. The Labute approximate surface area is 139 Å². The minimum atomic E-state index is 0.141. The van der Waals surface area contributed by atoms with Gasteiger partial charge in [0.25, 0.3) is 0 Å². The highest BCUT2D eigenvalue weighted by atomic mass is 16.5. The van der Waals surface area contributed by atoms with E-state index in [1.165, 1.54) is 6.07 Å². The molecule has 1 heterocycles. The number of hydrazine groups is 1. The second kappa shape index (κ2) is 6.52. The lowest BCUT2D eigenvalue weighted by Crippen LogP contribution is -2.13. The van der Waals surface area contributed by atoms with Crippen molar-refractivity contribution in [3.05, 3.63) is 35.4 Å². The van der Waals surface area contributed by atoms with Crippen LogP contribution in [0, 0.1) is 11.3 Å². The van der Waals surface area contributed by atoms with Crippen LogP contribution in [0.2, 0.25) is 0 Å². The van der Waals surface area contributed by atoms with E-state index in [1.54, 1.807) is 18.2 Å². The molecule has 0 saturated heterocycles. The number of nitrogens with two attached hydrogens (primary N) is 3. The summed E-state index contributed by atoms with van der Waals surface area (Å²) in [6, 6.07) is 8.96. The predicted octanol–water partition coefficient (Wildman–Crippen LogP) is 1.52. The molecule has 0 atom stereocenters. The van der Waals surface area contributed by atoms with Gasteiger partial charge in [-0.25, -0.2) is 10.8 Å². The number of pyridine rings is 1. The standard InChI is InChI=1S/C16H18N6O2/c17-7-9-1-2-12(24-11-3-4-11)5-10(9)8-23-13-6-14(18)21-16(22-20)15(13)19/h1-2,5-6,11H,3-4,8,19-20H2,(H3,18,21,22). The highest BCUT2D eigenvalue weighted by molar-refractivity contribution is 5.71. The first kappa shape index (κ1) is 15.7. The van der Waals surface area contributed by atoms with Crippen molar-refractivity contribution in [1.29, 1.82) is 5.26 Å². The number of hydrogen-bond acceptors (Lipinski definition) is 8. The van der Waals surface area contributed by atoms with Gasteiger partial charge in [-0.15, -0.1) is 0 Å². The molecular formula is C16H18N6O2. The van der Waals surface area contributed by atoms with E-state index in [-0.39, 0.29) is 30.0 Å². The number of hydrogen-bond donors (Lipinski definition) is 4. The molecule has 0 aliphatic heterocycles. The summed E-state index contributed by atoms with van der Waals surface area (Å²) in [4.78, 5) is 3.96. The van der Waals surface area contributed by atoms with Gasteiger partial charge in [0.05, 0.1) is 17.7 Å². The molecule has 1 aliphatic rings. The highest BCUT2D eigenvalue weighted by Gasteiger charge is 2.23. The molecule has 1 fully saturated rings. The fourth-order valence-corrected chi connectivity index (χ4v) is 2.19. The molecule has 8 heteroatoms. The second-order valence-electron chi connectivity index (χ2n) is 5.49.